The van der Waals surface area contributed by atoms with Gasteiger partial charge in [0.2, 0.25) is 65.0 Å². The number of allylic oxidation sites excluding steroid dienone is 1. The molecule has 4 aromatic carbocycles. The molecule has 0 aliphatic heterocycles. The number of ether oxygens (including phenoxy) is 1. The first-order valence-corrected chi connectivity index (χ1v) is 35.1. The number of aryl methyl sites for hydroxylation is 4. The SMILES string of the molecule is C=C(C)Oc1ccc(-c2ccc(C[C@H](NC(=O)[C@H](CC(=O)O)NC(=O)[C@H](CO)NC(=O)[C@@H](NC(=O)[C@](C)(Cc3ccccc3F)NC(=O)[C@@H](NC(=O)CNC(=O)[C@H](Cc3nn[nH]n3)NC(=O)C(C)(C)C(=O)NCCc3cnc[nH]3)[C@@H](C)O)[C@@H](C)O)C(=O)N[C@@H](CCCc3cc(C)cc(C)c3)C(N)=O)cc2)c(CC)c1. The number of halogens is 1. The van der Waals surface area contributed by atoms with Crippen LogP contribution in [0.2, 0.25) is 0 Å². The maximum Gasteiger partial charge on any atom is 0.305 e. The van der Waals surface area contributed by atoms with Gasteiger partial charge in [0.1, 0.15) is 64.8 Å². The number of aliphatic hydroxyl groups excluding tert-OH is 3. The molecule has 0 saturated carbocycles. The van der Waals surface area contributed by atoms with E-state index >= 15 is 4.39 Å². The van der Waals surface area contributed by atoms with Gasteiger partial charge >= 0.3 is 5.97 Å². The zero-order chi connectivity index (χ0) is 80.4. The Hall–Kier alpha value is -11.9. The molecule has 0 bridgehead atoms. The van der Waals surface area contributed by atoms with E-state index in [2.05, 4.69) is 90.3 Å². The number of nitrogens with two attached hydrogens (primary N) is 1. The number of benzene rings is 4. The number of aromatic nitrogens is 6. The number of amides is 11. The molecule has 18 N–H and O–H groups in total. The average molecular weight is 1510 g/mol. The Labute approximate surface area is 627 Å². The summed E-state index contributed by atoms with van der Waals surface area (Å²) in [6.07, 6.45) is -1.26. The second-order valence-corrected chi connectivity index (χ2v) is 27.2. The lowest BCUT2D eigenvalue weighted by Gasteiger charge is -2.34. The summed E-state index contributed by atoms with van der Waals surface area (Å²) in [5.41, 5.74) is 8.25. The molecule has 0 fully saturated rings. The maximum atomic E-state index is 15.5. The predicted molar refractivity (Wildman–Crippen MR) is 391 cm³/mol. The molecule has 2 heterocycles. The van der Waals surface area contributed by atoms with Gasteiger partial charge in [0.25, 0.3) is 0 Å². The number of tetrazole rings is 1. The van der Waals surface area contributed by atoms with Crippen LogP contribution in [-0.2, 0) is 96.1 Å². The largest absolute Gasteiger partial charge is 0.481 e. The number of nitrogens with zero attached hydrogens (tertiary/aromatic N) is 4. The zero-order valence-electron chi connectivity index (χ0n) is 62.0. The van der Waals surface area contributed by atoms with E-state index in [1.54, 1.807) is 43.5 Å². The molecule has 586 valence electrons. The Bertz CT molecular complexity index is 4190. The van der Waals surface area contributed by atoms with Crippen molar-refractivity contribution in [3.8, 4) is 16.9 Å². The predicted octanol–water partition coefficient (Wildman–Crippen LogP) is -0.645. The van der Waals surface area contributed by atoms with E-state index in [4.69, 9.17) is 10.5 Å². The van der Waals surface area contributed by atoms with E-state index in [0.29, 0.717) is 48.4 Å². The van der Waals surface area contributed by atoms with Crippen molar-refractivity contribution in [1.82, 2.24) is 83.8 Å². The van der Waals surface area contributed by atoms with Gasteiger partial charge in [0, 0.05) is 44.1 Å². The third-order valence-electron chi connectivity index (χ3n) is 17.5. The number of carbonyl (C=O) groups is 12. The summed E-state index contributed by atoms with van der Waals surface area (Å²) in [7, 11) is 0. The molecule has 0 spiro atoms. The van der Waals surface area contributed by atoms with E-state index in [9.17, 15) is 78.0 Å². The number of hydrogen-bond donors (Lipinski definition) is 17. The third-order valence-corrected chi connectivity index (χ3v) is 17.5. The van der Waals surface area contributed by atoms with Gasteiger partial charge in [-0.2, -0.15) is 5.21 Å². The van der Waals surface area contributed by atoms with E-state index in [0.717, 1.165) is 60.2 Å². The Morgan fingerprint density at radius 1 is 0.670 bits per heavy atom. The number of nitrogens with one attached hydrogen (secondary N) is 12. The lowest BCUT2D eigenvalue weighted by molar-refractivity contribution is -0.143. The Balaban J connectivity index is 1.17. The molecule has 0 aliphatic carbocycles. The number of carboxylic acid groups (broad SMARTS) is 1. The van der Waals surface area contributed by atoms with Crippen LogP contribution < -0.4 is 63.6 Å². The number of aliphatic carboxylic acids is 1. The van der Waals surface area contributed by atoms with Crippen LogP contribution in [0.5, 0.6) is 5.75 Å². The molecule has 0 aliphatic rings. The van der Waals surface area contributed by atoms with E-state index in [1.807, 2.05) is 51.1 Å². The molecule has 109 heavy (non-hydrogen) atoms. The van der Waals surface area contributed by atoms with Gasteiger partial charge in [-0.25, -0.2) is 9.37 Å². The molecule has 6 aromatic rings. The minimum absolute atomic E-state index is 0.0653. The van der Waals surface area contributed by atoms with E-state index in [-0.39, 0.29) is 30.8 Å². The van der Waals surface area contributed by atoms with Crippen molar-refractivity contribution in [1.29, 1.82) is 0 Å². The number of carbonyl (C=O) groups excluding carboxylic acids is 11. The van der Waals surface area contributed by atoms with Gasteiger partial charge in [0.15, 0.2) is 5.82 Å². The fraction of sp³-hybridized carbons (Fsp3) is 0.432. The van der Waals surface area contributed by atoms with Crippen molar-refractivity contribution in [2.75, 3.05) is 19.7 Å². The van der Waals surface area contributed by atoms with Crippen molar-refractivity contribution < 1.29 is 87.1 Å². The van der Waals surface area contributed by atoms with Crippen LogP contribution in [0.3, 0.4) is 0 Å². The van der Waals surface area contributed by atoms with Crippen molar-refractivity contribution in [3.63, 3.8) is 0 Å². The molecule has 0 saturated heterocycles. The molecule has 35 heteroatoms. The second-order valence-electron chi connectivity index (χ2n) is 27.2. The topological polar surface area (TPSA) is 524 Å². The fourth-order valence-electron chi connectivity index (χ4n) is 11.6. The highest BCUT2D eigenvalue weighted by molar-refractivity contribution is 6.06. The second kappa shape index (κ2) is 40.2. The number of aliphatic hydroxyl groups is 3. The highest BCUT2D eigenvalue weighted by Gasteiger charge is 2.43. The van der Waals surface area contributed by atoms with Crippen molar-refractivity contribution in [3.05, 3.63) is 161 Å². The number of aromatic amines is 2. The van der Waals surface area contributed by atoms with Gasteiger partial charge in [-0.1, -0.05) is 96.6 Å². The van der Waals surface area contributed by atoms with Crippen molar-refractivity contribution in [2.45, 2.75) is 180 Å². The maximum absolute atomic E-state index is 15.5. The van der Waals surface area contributed by atoms with Crippen LogP contribution in [0, 0.1) is 25.1 Å². The summed E-state index contributed by atoms with van der Waals surface area (Å²) in [6.45, 7) is 15.1. The highest BCUT2D eigenvalue weighted by atomic mass is 19.1. The smallest absolute Gasteiger partial charge is 0.305 e. The molecule has 0 radical (unpaired) electrons. The van der Waals surface area contributed by atoms with Gasteiger partial charge in [-0.15, -0.1) is 10.2 Å². The monoisotopic (exact) mass is 1510 g/mol. The standard InChI is InChI=1S/C74H96FN17O17/c1-11-46-31-50(109-39(2)3)23-24-51(46)47-21-19-44(20-22-47)30-54(65(101)81-53(63(76)99)18-14-15-45-28-40(4)27-41(5)29-45)82-66(102)56(33-60(97)98)83-67(103)57(37-93)84-68(104)61(42(6)94)87-72(108)74(10,34-48-16-12-13-17-52(48)75)88-69(105)62(43(7)95)86-59(96)36-79-64(100)55(32-58-89-91-92-90-58)85-71(107)73(8,9)70(106)78-26-25-49-35-77-38-80-49/h12-13,16-17,19-24,27-29,31,35,38,42-43,53-57,61-62,93-95H,2,11,14-15,18,25-26,30,32-34,36-37H2,1,3-10H3,(H2,76,99)(H,77,80)(H,78,106)(H,79,100)(H,81,101)(H,82,102)(H,83,103)(H,84,104)(H,85,107)(H,86,96)(H,87,108)(H,88,105)(H,97,98)(H,89,90,91,92)/t42-,43-,53+,54+,55+,56+,57+,61+,62+,74+/m1/s1. The Morgan fingerprint density at radius 2 is 1.29 bits per heavy atom. The normalized spacial score (nSPS) is 14.3. The van der Waals surface area contributed by atoms with Crippen LogP contribution in [-0.4, -0.2) is 202 Å². The number of primary amides is 1. The molecular formula is C74H96FN17O17. The minimum atomic E-state index is -2.40. The molecule has 2 aromatic heterocycles. The first-order chi connectivity index (χ1) is 51.5. The minimum Gasteiger partial charge on any atom is -0.481 e. The first kappa shape index (κ1) is 86.1. The number of rotatable bonds is 42. The van der Waals surface area contributed by atoms with Crippen LogP contribution in [0.25, 0.3) is 11.1 Å². The zero-order valence-corrected chi connectivity index (χ0v) is 62.0. The Kier molecular flexibility index (Phi) is 31.7. The first-order valence-electron chi connectivity index (χ1n) is 35.1. The molecule has 34 nitrogen and oxygen atoms in total. The third kappa shape index (κ3) is 26.0. The summed E-state index contributed by atoms with van der Waals surface area (Å²) in [5, 5.41) is 79.7. The summed E-state index contributed by atoms with van der Waals surface area (Å²) in [6, 6.07) is 10.8. The number of imidazole rings is 1. The molecular weight excluding hydrogens is 1420 g/mol. The van der Waals surface area contributed by atoms with E-state index < -0.39 is 175 Å². The number of carboxylic acids is 1. The summed E-state index contributed by atoms with van der Waals surface area (Å²) in [5.74, 6) is -13.8. The van der Waals surface area contributed by atoms with Crippen molar-refractivity contribution >= 4 is 70.9 Å². The fourth-order valence-corrected chi connectivity index (χ4v) is 11.6. The Morgan fingerprint density at radius 3 is 1.89 bits per heavy atom. The summed E-state index contributed by atoms with van der Waals surface area (Å²) in [4.78, 5) is 173. The number of H-pyrrole nitrogens is 2. The number of hydrogen-bond acceptors (Lipinski definition) is 20. The van der Waals surface area contributed by atoms with Crippen LogP contribution in [0.1, 0.15) is 113 Å². The van der Waals surface area contributed by atoms with Gasteiger partial charge < -0.3 is 89.0 Å². The van der Waals surface area contributed by atoms with Crippen LogP contribution in [0.15, 0.2) is 110 Å². The van der Waals surface area contributed by atoms with Crippen LogP contribution >= 0.6 is 0 Å². The molecule has 11 amide bonds. The van der Waals surface area contributed by atoms with Crippen LogP contribution in [0.4, 0.5) is 4.39 Å². The van der Waals surface area contributed by atoms with Gasteiger partial charge in [0.05, 0.1) is 43.9 Å². The highest BCUT2D eigenvalue weighted by Crippen LogP contribution is 2.30. The molecule has 0 unspecified atom stereocenters. The summed E-state index contributed by atoms with van der Waals surface area (Å²) >= 11 is 0. The summed E-state index contributed by atoms with van der Waals surface area (Å²) < 4.78 is 21.2. The van der Waals surface area contributed by atoms with Gasteiger partial charge in [-0.05, 0) is 133 Å². The lowest BCUT2D eigenvalue weighted by atomic mass is 9.90. The molecule has 6 rings (SSSR count). The quantitative estimate of drug-likeness (QED) is 0.0167. The molecule has 10 atom stereocenters. The van der Waals surface area contributed by atoms with E-state index in [1.165, 1.54) is 38.4 Å². The van der Waals surface area contributed by atoms with Gasteiger partial charge in [-0.3, -0.25) is 57.5 Å². The van der Waals surface area contributed by atoms with Crippen molar-refractivity contribution in [2.24, 2.45) is 11.1 Å². The lowest BCUT2D eigenvalue weighted by Crippen LogP contribution is -2.67. The average Bonchev–Trinajstić information content (AvgIpc) is 1.89.